The topological polar surface area (TPSA) is 36.3 Å². The summed E-state index contributed by atoms with van der Waals surface area (Å²) in [7, 11) is 4.06. The molecule has 0 heterocycles. The number of hydrogen-bond acceptors (Lipinski definition) is 3. The molecule has 0 aromatic heterocycles. The lowest BCUT2D eigenvalue weighted by atomic mass is 10.2. The van der Waals surface area contributed by atoms with Crippen molar-refractivity contribution < 1.29 is 4.74 Å². The Balaban J connectivity index is 2.41. The van der Waals surface area contributed by atoms with Gasteiger partial charge in [-0.05, 0) is 32.6 Å². The van der Waals surface area contributed by atoms with Crippen molar-refractivity contribution in [1.29, 1.82) is 5.26 Å². The van der Waals surface area contributed by atoms with E-state index in [9.17, 15) is 0 Å². The van der Waals surface area contributed by atoms with Crippen molar-refractivity contribution in [2.24, 2.45) is 0 Å². The monoisotopic (exact) mass is 204 g/mol. The van der Waals surface area contributed by atoms with Crippen LogP contribution < -0.4 is 4.74 Å². The second-order valence-electron chi connectivity index (χ2n) is 3.61. The quantitative estimate of drug-likeness (QED) is 0.687. The molecule has 0 unspecified atom stereocenters. The Hall–Kier alpha value is -1.53. The van der Waals surface area contributed by atoms with Crippen LogP contribution in [0.2, 0.25) is 0 Å². The van der Waals surface area contributed by atoms with Crippen molar-refractivity contribution in [2.45, 2.75) is 6.42 Å². The molecule has 0 aliphatic heterocycles. The fourth-order valence-corrected chi connectivity index (χ4v) is 1.25. The number of ether oxygens (including phenoxy) is 1. The van der Waals surface area contributed by atoms with Crippen molar-refractivity contribution >= 4 is 0 Å². The van der Waals surface area contributed by atoms with Gasteiger partial charge in [0.1, 0.15) is 11.8 Å². The number of rotatable bonds is 5. The minimum Gasteiger partial charge on any atom is -0.492 e. The van der Waals surface area contributed by atoms with Crippen LogP contribution in [0.5, 0.6) is 5.75 Å². The highest BCUT2D eigenvalue weighted by Gasteiger charge is 2.00. The van der Waals surface area contributed by atoms with Crippen LogP contribution in [0, 0.1) is 11.3 Å². The smallest absolute Gasteiger partial charge is 0.137 e. The second kappa shape index (κ2) is 6.05. The van der Waals surface area contributed by atoms with E-state index in [-0.39, 0.29) is 0 Å². The summed E-state index contributed by atoms with van der Waals surface area (Å²) >= 11 is 0. The third-order valence-electron chi connectivity index (χ3n) is 2.01. The summed E-state index contributed by atoms with van der Waals surface area (Å²) in [5.74, 6) is 0.679. The molecule has 0 radical (unpaired) electrons. The number of hydrogen-bond donors (Lipinski definition) is 0. The van der Waals surface area contributed by atoms with Gasteiger partial charge in [-0.25, -0.2) is 0 Å². The average molecular weight is 204 g/mol. The predicted octanol–water partition coefficient (Wildman–Crippen LogP) is 1.89. The molecule has 3 heteroatoms. The summed E-state index contributed by atoms with van der Waals surface area (Å²) < 4.78 is 5.53. The summed E-state index contributed by atoms with van der Waals surface area (Å²) in [6, 6.07) is 9.42. The van der Waals surface area contributed by atoms with Gasteiger partial charge in [-0.15, -0.1) is 0 Å². The van der Waals surface area contributed by atoms with Crippen molar-refractivity contribution in [3.05, 3.63) is 29.8 Å². The van der Waals surface area contributed by atoms with Gasteiger partial charge in [-0.3, -0.25) is 0 Å². The highest BCUT2D eigenvalue weighted by molar-refractivity contribution is 5.42. The van der Waals surface area contributed by atoms with Gasteiger partial charge in [0.2, 0.25) is 0 Å². The molecule has 1 aromatic rings. The fraction of sp³-hybridized carbons (Fsp3) is 0.417. The molecule has 0 aliphatic rings. The molecular weight excluding hydrogens is 188 g/mol. The lowest BCUT2D eigenvalue weighted by molar-refractivity contribution is 0.281. The standard InChI is InChI=1S/C12H16N2O/c1-14(2)8-5-9-15-12-7-4-3-6-11(12)10-13/h3-4,6-7H,5,8-9H2,1-2H3. The normalized spacial score (nSPS) is 10.0. The van der Waals surface area contributed by atoms with E-state index in [1.807, 2.05) is 32.3 Å². The second-order valence-corrected chi connectivity index (χ2v) is 3.61. The Labute approximate surface area is 90.9 Å². The molecule has 80 valence electrons. The largest absolute Gasteiger partial charge is 0.492 e. The van der Waals surface area contributed by atoms with Crippen LogP contribution in [-0.2, 0) is 0 Å². The van der Waals surface area contributed by atoms with Crippen LogP contribution in [0.25, 0.3) is 0 Å². The Bertz CT molecular complexity index is 342. The summed E-state index contributed by atoms with van der Waals surface area (Å²) in [4.78, 5) is 2.11. The molecule has 0 amide bonds. The van der Waals surface area contributed by atoms with E-state index in [1.54, 1.807) is 6.07 Å². The third-order valence-corrected chi connectivity index (χ3v) is 2.01. The highest BCUT2D eigenvalue weighted by Crippen LogP contribution is 2.16. The van der Waals surface area contributed by atoms with E-state index >= 15 is 0 Å². The lowest BCUT2D eigenvalue weighted by Gasteiger charge is -2.10. The van der Waals surface area contributed by atoms with E-state index in [0.29, 0.717) is 17.9 Å². The first-order valence-electron chi connectivity index (χ1n) is 5.00. The molecule has 0 aliphatic carbocycles. The zero-order chi connectivity index (χ0) is 11.1. The minimum absolute atomic E-state index is 0.599. The predicted molar refractivity (Wildman–Crippen MR) is 59.8 cm³/mol. The van der Waals surface area contributed by atoms with Gasteiger partial charge in [0.05, 0.1) is 12.2 Å². The maximum atomic E-state index is 8.82. The van der Waals surface area contributed by atoms with Gasteiger partial charge in [-0.1, -0.05) is 12.1 Å². The van der Waals surface area contributed by atoms with Crippen LogP contribution in [0.1, 0.15) is 12.0 Å². The number of nitriles is 1. The lowest BCUT2D eigenvalue weighted by Crippen LogP contribution is -2.15. The Morgan fingerprint density at radius 1 is 1.33 bits per heavy atom. The number of nitrogens with zero attached hydrogens (tertiary/aromatic N) is 2. The van der Waals surface area contributed by atoms with Crippen LogP contribution >= 0.6 is 0 Å². The van der Waals surface area contributed by atoms with E-state index < -0.39 is 0 Å². The van der Waals surface area contributed by atoms with Crippen LogP contribution in [-0.4, -0.2) is 32.1 Å². The molecular formula is C12H16N2O. The van der Waals surface area contributed by atoms with Crippen molar-refractivity contribution in [3.8, 4) is 11.8 Å². The molecule has 0 spiro atoms. The summed E-state index contributed by atoms with van der Waals surface area (Å²) in [6.45, 7) is 1.64. The van der Waals surface area contributed by atoms with Gasteiger partial charge < -0.3 is 9.64 Å². The summed E-state index contributed by atoms with van der Waals surface area (Å²) in [6.07, 6.45) is 0.965. The molecule has 3 nitrogen and oxygen atoms in total. The number of benzene rings is 1. The summed E-state index contributed by atoms with van der Waals surface area (Å²) in [5.41, 5.74) is 0.599. The van der Waals surface area contributed by atoms with Crippen LogP contribution in [0.15, 0.2) is 24.3 Å². The van der Waals surface area contributed by atoms with Gasteiger partial charge in [0.15, 0.2) is 0 Å². The summed E-state index contributed by atoms with van der Waals surface area (Å²) in [5, 5.41) is 8.82. The zero-order valence-corrected chi connectivity index (χ0v) is 9.23. The Morgan fingerprint density at radius 2 is 2.07 bits per heavy atom. The minimum atomic E-state index is 0.599. The third kappa shape index (κ3) is 4.01. The highest BCUT2D eigenvalue weighted by atomic mass is 16.5. The Kier molecular flexibility index (Phi) is 4.65. The van der Waals surface area contributed by atoms with E-state index in [4.69, 9.17) is 10.00 Å². The van der Waals surface area contributed by atoms with Gasteiger partial charge >= 0.3 is 0 Å². The molecule has 0 N–H and O–H groups in total. The van der Waals surface area contributed by atoms with Crippen LogP contribution in [0.3, 0.4) is 0 Å². The SMILES string of the molecule is CN(C)CCCOc1ccccc1C#N. The van der Waals surface area contributed by atoms with Gasteiger partial charge in [-0.2, -0.15) is 5.26 Å². The van der Waals surface area contributed by atoms with Gasteiger partial charge in [0.25, 0.3) is 0 Å². The molecule has 1 aromatic carbocycles. The first kappa shape index (κ1) is 11.5. The van der Waals surface area contributed by atoms with E-state index in [2.05, 4.69) is 11.0 Å². The first-order chi connectivity index (χ1) is 7.24. The van der Waals surface area contributed by atoms with Gasteiger partial charge in [0, 0.05) is 6.54 Å². The van der Waals surface area contributed by atoms with Crippen molar-refractivity contribution in [3.63, 3.8) is 0 Å². The molecule has 0 saturated carbocycles. The van der Waals surface area contributed by atoms with E-state index in [0.717, 1.165) is 13.0 Å². The first-order valence-corrected chi connectivity index (χ1v) is 5.00. The van der Waals surface area contributed by atoms with E-state index in [1.165, 1.54) is 0 Å². The average Bonchev–Trinajstić information content (AvgIpc) is 2.24. The fourth-order valence-electron chi connectivity index (χ4n) is 1.25. The zero-order valence-electron chi connectivity index (χ0n) is 9.23. The number of para-hydroxylation sites is 1. The van der Waals surface area contributed by atoms with Crippen LogP contribution in [0.4, 0.5) is 0 Å². The molecule has 15 heavy (non-hydrogen) atoms. The molecule has 0 bridgehead atoms. The molecule has 1 rings (SSSR count). The van der Waals surface area contributed by atoms with Crippen molar-refractivity contribution in [2.75, 3.05) is 27.2 Å². The maximum Gasteiger partial charge on any atom is 0.137 e. The molecule has 0 fully saturated rings. The maximum absolute atomic E-state index is 8.82. The van der Waals surface area contributed by atoms with Crippen molar-refractivity contribution in [1.82, 2.24) is 4.90 Å². The Morgan fingerprint density at radius 3 is 2.73 bits per heavy atom. The molecule has 0 saturated heterocycles. The molecule has 0 atom stereocenters.